The Morgan fingerprint density at radius 3 is 2.67 bits per heavy atom. The number of allylic oxidation sites excluding steroid dienone is 2. The second-order valence-corrected chi connectivity index (χ2v) is 5.29. The van der Waals surface area contributed by atoms with Gasteiger partial charge in [-0.05, 0) is 43.9 Å². The highest BCUT2D eigenvalue weighted by Crippen LogP contribution is 2.43. The van der Waals surface area contributed by atoms with Gasteiger partial charge in [-0.3, -0.25) is 4.79 Å². The van der Waals surface area contributed by atoms with Crippen molar-refractivity contribution in [1.29, 1.82) is 0 Å². The van der Waals surface area contributed by atoms with Gasteiger partial charge in [0, 0.05) is 6.42 Å². The summed E-state index contributed by atoms with van der Waals surface area (Å²) in [6, 6.07) is 0. The molecule has 3 unspecified atom stereocenters. The number of unbranched alkanes of at least 4 members (excludes halogenated alkanes) is 2. The Balaban J connectivity index is 1.54. The number of fused-ring (bicyclic) bond motifs is 2. The van der Waals surface area contributed by atoms with Crippen LogP contribution in [0.5, 0.6) is 0 Å². The summed E-state index contributed by atoms with van der Waals surface area (Å²) in [7, 11) is 0. The average Bonchev–Trinajstić information content (AvgIpc) is 2.94. The van der Waals surface area contributed by atoms with E-state index in [0.717, 1.165) is 12.8 Å². The zero-order valence-electron chi connectivity index (χ0n) is 10.5. The van der Waals surface area contributed by atoms with Crippen molar-refractivity contribution in [3.05, 3.63) is 12.2 Å². The number of alkyl halides is 2. The summed E-state index contributed by atoms with van der Waals surface area (Å²) in [5.41, 5.74) is 0. The van der Waals surface area contributed by atoms with Gasteiger partial charge in [0.2, 0.25) is 6.43 Å². The summed E-state index contributed by atoms with van der Waals surface area (Å²) < 4.78 is 29.0. The van der Waals surface area contributed by atoms with Crippen LogP contribution in [0.2, 0.25) is 0 Å². The van der Waals surface area contributed by atoms with Gasteiger partial charge in [0.1, 0.15) is 0 Å². The third-order valence-electron chi connectivity index (χ3n) is 3.89. The third-order valence-corrected chi connectivity index (χ3v) is 3.89. The molecular weight excluding hydrogens is 238 g/mol. The van der Waals surface area contributed by atoms with E-state index in [4.69, 9.17) is 4.74 Å². The van der Waals surface area contributed by atoms with Gasteiger partial charge in [-0.2, -0.15) is 0 Å². The van der Waals surface area contributed by atoms with Crippen molar-refractivity contribution in [3.8, 4) is 0 Å². The average molecular weight is 258 g/mol. The molecule has 0 spiro atoms. The first kappa shape index (κ1) is 13.5. The Morgan fingerprint density at radius 2 is 2.06 bits per heavy atom. The number of rotatable bonds is 7. The van der Waals surface area contributed by atoms with Gasteiger partial charge >= 0.3 is 5.97 Å². The first-order chi connectivity index (χ1) is 8.66. The number of hydrogen-bond acceptors (Lipinski definition) is 2. The number of carbonyl (C=O) groups is 1. The summed E-state index contributed by atoms with van der Waals surface area (Å²) in [6.45, 7) is 0.375. The maximum atomic E-state index is 11.9. The molecule has 4 heteroatoms. The lowest BCUT2D eigenvalue weighted by molar-refractivity contribution is -0.149. The van der Waals surface area contributed by atoms with Crippen LogP contribution in [0.4, 0.5) is 8.78 Å². The van der Waals surface area contributed by atoms with Crippen molar-refractivity contribution in [2.45, 2.75) is 45.0 Å². The molecule has 2 aliphatic carbocycles. The lowest BCUT2D eigenvalue weighted by Crippen LogP contribution is -2.22. The maximum Gasteiger partial charge on any atom is 0.309 e. The number of halogens is 2. The standard InChI is InChI=1S/C14H20F2O2/c15-13(16)4-2-1-3-7-18-14(17)12-9-10-5-6-11(12)8-10/h5-6,10-13H,1-4,7-9H2. The van der Waals surface area contributed by atoms with Crippen molar-refractivity contribution in [1.82, 2.24) is 0 Å². The third kappa shape index (κ3) is 3.53. The molecule has 2 rings (SSSR count). The van der Waals surface area contributed by atoms with Crippen molar-refractivity contribution >= 4 is 5.97 Å². The molecular formula is C14H20F2O2. The fourth-order valence-corrected chi connectivity index (χ4v) is 2.91. The van der Waals surface area contributed by atoms with Crippen LogP contribution in [0.3, 0.4) is 0 Å². The van der Waals surface area contributed by atoms with Gasteiger partial charge in [-0.1, -0.05) is 12.2 Å². The van der Waals surface area contributed by atoms with Crippen LogP contribution < -0.4 is 0 Å². The van der Waals surface area contributed by atoms with E-state index in [0.29, 0.717) is 37.7 Å². The van der Waals surface area contributed by atoms with E-state index in [1.165, 1.54) is 0 Å². The quantitative estimate of drug-likeness (QED) is 0.396. The van der Waals surface area contributed by atoms with Crippen LogP contribution in [-0.4, -0.2) is 19.0 Å². The van der Waals surface area contributed by atoms with E-state index in [2.05, 4.69) is 12.2 Å². The molecule has 2 aliphatic rings. The largest absolute Gasteiger partial charge is 0.465 e. The summed E-state index contributed by atoms with van der Waals surface area (Å²) in [6.07, 6.45) is 5.97. The fraction of sp³-hybridized carbons (Fsp3) is 0.786. The van der Waals surface area contributed by atoms with Crippen molar-refractivity contribution < 1.29 is 18.3 Å². The van der Waals surface area contributed by atoms with Gasteiger partial charge in [0.05, 0.1) is 12.5 Å². The highest BCUT2D eigenvalue weighted by atomic mass is 19.3. The summed E-state index contributed by atoms with van der Waals surface area (Å²) in [5.74, 6) is 0.890. The predicted octanol–water partition coefficient (Wildman–Crippen LogP) is 3.57. The molecule has 1 saturated carbocycles. The van der Waals surface area contributed by atoms with Gasteiger partial charge in [0.25, 0.3) is 0 Å². The first-order valence-electron chi connectivity index (χ1n) is 6.80. The van der Waals surface area contributed by atoms with Crippen LogP contribution in [0.15, 0.2) is 12.2 Å². The predicted molar refractivity (Wildman–Crippen MR) is 64.3 cm³/mol. The first-order valence-corrected chi connectivity index (χ1v) is 6.80. The number of carbonyl (C=O) groups excluding carboxylic acids is 1. The molecule has 0 aliphatic heterocycles. The van der Waals surface area contributed by atoms with Crippen LogP contribution in [-0.2, 0) is 9.53 Å². The van der Waals surface area contributed by atoms with Gasteiger partial charge in [-0.25, -0.2) is 8.78 Å². The van der Waals surface area contributed by atoms with Crippen LogP contribution in [0, 0.1) is 17.8 Å². The molecule has 2 nitrogen and oxygen atoms in total. The number of esters is 1. The van der Waals surface area contributed by atoms with Crippen LogP contribution in [0.25, 0.3) is 0 Å². The summed E-state index contributed by atoms with van der Waals surface area (Å²) in [5, 5.41) is 0. The van der Waals surface area contributed by atoms with Crippen LogP contribution >= 0.6 is 0 Å². The van der Waals surface area contributed by atoms with E-state index in [-0.39, 0.29) is 18.3 Å². The molecule has 0 amide bonds. The molecule has 0 saturated heterocycles. The number of ether oxygens (including phenoxy) is 1. The lowest BCUT2D eigenvalue weighted by Gasteiger charge is -2.16. The summed E-state index contributed by atoms with van der Waals surface area (Å²) >= 11 is 0. The van der Waals surface area contributed by atoms with E-state index >= 15 is 0 Å². The second-order valence-electron chi connectivity index (χ2n) is 5.29. The molecule has 3 atom stereocenters. The lowest BCUT2D eigenvalue weighted by atomic mass is 9.94. The molecule has 0 aromatic carbocycles. The molecule has 102 valence electrons. The molecule has 0 aromatic heterocycles. The zero-order valence-corrected chi connectivity index (χ0v) is 10.5. The van der Waals surface area contributed by atoms with Crippen molar-refractivity contribution in [3.63, 3.8) is 0 Å². The van der Waals surface area contributed by atoms with Crippen LogP contribution in [0.1, 0.15) is 38.5 Å². The molecule has 2 bridgehead atoms. The Bertz CT molecular complexity index is 315. The molecule has 0 aromatic rings. The highest BCUT2D eigenvalue weighted by molar-refractivity contribution is 5.74. The minimum Gasteiger partial charge on any atom is -0.465 e. The second kappa shape index (κ2) is 6.30. The number of hydrogen-bond donors (Lipinski definition) is 0. The smallest absolute Gasteiger partial charge is 0.309 e. The Hall–Kier alpha value is -0.930. The van der Waals surface area contributed by atoms with Crippen molar-refractivity contribution in [2.75, 3.05) is 6.61 Å². The Kier molecular flexibility index (Phi) is 4.72. The molecule has 0 heterocycles. The fourth-order valence-electron chi connectivity index (χ4n) is 2.91. The highest BCUT2D eigenvalue weighted by Gasteiger charge is 2.40. The van der Waals surface area contributed by atoms with Gasteiger partial charge in [0.15, 0.2) is 0 Å². The molecule has 1 fully saturated rings. The Morgan fingerprint density at radius 1 is 1.22 bits per heavy atom. The molecule has 0 N–H and O–H groups in total. The SMILES string of the molecule is O=C(OCCCCCC(F)F)C1CC2C=CC1C2. The van der Waals surface area contributed by atoms with E-state index in [1.54, 1.807) is 0 Å². The minimum absolute atomic E-state index is 0.0427. The summed E-state index contributed by atoms with van der Waals surface area (Å²) in [4.78, 5) is 11.8. The van der Waals surface area contributed by atoms with Gasteiger partial charge in [-0.15, -0.1) is 0 Å². The van der Waals surface area contributed by atoms with E-state index in [1.807, 2.05) is 0 Å². The molecule has 18 heavy (non-hydrogen) atoms. The maximum absolute atomic E-state index is 11.9. The van der Waals surface area contributed by atoms with E-state index in [9.17, 15) is 13.6 Å². The minimum atomic E-state index is -2.21. The molecule has 0 radical (unpaired) electrons. The van der Waals surface area contributed by atoms with Gasteiger partial charge < -0.3 is 4.74 Å². The topological polar surface area (TPSA) is 26.3 Å². The normalized spacial score (nSPS) is 29.2. The monoisotopic (exact) mass is 258 g/mol. The van der Waals surface area contributed by atoms with E-state index < -0.39 is 6.43 Å². The van der Waals surface area contributed by atoms with Crippen molar-refractivity contribution in [2.24, 2.45) is 17.8 Å². The zero-order chi connectivity index (χ0) is 13.0. The Labute approximate surface area is 106 Å².